The van der Waals surface area contributed by atoms with Gasteiger partial charge in [0, 0.05) is 12.1 Å². The summed E-state index contributed by atoms with van der Waals surface area (Å²) in [4.78, 5) is 11.9. The van der Waals surface area contributed by atoms with Crippen molar-refractivity contribution in [3.05, 3.63) is 17.0 Å². The van der Waals surface area contributed by atoms with E-state index in [4.69, 9.17) is 4.74 Å². The smallest absolute Gasteiger partial charge is 0.356 e. The molecule has 1 aromatic heterocycles. The van der Waals surface area contributed by atoms with E-state index in [1.807, 2.05) is 13.8 Å². The normalized spacial score (nSPS) is 18.6. The Hall–Kier alpha value is -1.32. The summed E-state index contributed by atoms with van der Waals surface area (Å²) in [5.74, 6) is 0.365. The number of hydrogen-bond donors (Lipinski definition) is 0. The van der Waals surface area contributed by atoms with E-state index in [0.717, 1.165) is 30.6 Å². The van der Waals surface area contributed by atoms with Crippen LogP contribution in [-0.2, 0) is 24.1 Å². The minimum Gasteiger partial charge on any atom is -0.461 e. The van der Waals surface area contributed by atoms with E-state index in [9.17, 15) is 4.79 Å². The van der Waals surface area contributed by atoms with Crippen LogP contribution >= 0.6 is 0 Å². The van der Waals surface area contributed by atoms with Crippen molar-refractivity contribution in [2.45, 2.75) is 40.2 Å². The maximum Gasteiger partial charge on any atom is 0.356 e. The number of aromatic nitrogens is 2. The lowest BCUT2D eigenvalue weighted by molar-refractivity contribution is 0.0510. The molecule has 1 heterocycles. The van der Waals surface area contributed by atoms with Crippen molar-refractivity contribution in [3.63, 3.8) is 0 Å². The van der Waals surface area contributed by atoms with Gasteiger partial charge in [0.05, 0.1) is 12.3 Å². The molecule has 0 amide bonds. The second kappa shape index (κ2) is 4.28. The van der Waals surface area contributed by atoms with E-state index in [2.05, 4.69) is 12.0 Å². The molecule has 0 fully saturated rings. The summed E-state index contributed by atoms with van der Waals surface area (Å²) in [7, 11) is 0. The number of ether oxygens (including phenoxy) is 1. The molecule has 1 aliphatic rings. The minimum absolute atomic E-state index is 0.229. The Morgan fingerprint density at radius 3 is 2.88 bits per heavy atom. The third kappa shape index (κ3) is 1.72. The van der Waals surface area contributed by atoms with Crippen LogP contribution in [0.2, 0.25) is 0 Å². The van der Waals surface area contributed by atoms with E-state index in [-0.39, 0.29) is 5.97 Å². The van der Waals surface area contributed by atoms with Crippen LogP contribution < -0.4 is 0 Å². The average molecular weight is 222 g/mol. The Morgan fingerprint density at radius 1 is 1.50 bits per heavy atom. The van der Waals surface area contributed by atoms with Crippen LogP contribution in [0.5, 0.6) is 0 Å². The van der Waals surface area contributed by atoms with Crippen molar-refractivity contribution in [2.75, 3.05) is 6.61 Å². The molecule has 0 saturated heterocycles. The van der Waals surface area contributed by atoms with Crippen molar-refractivity contribution < 1.29 is 9.53 Å². The van der Waals surface area contributed by atoms with Gasteiger partial charge in [-0.05, 0) is 32.6 Å². The van der Waals surface area contributed by atoms with Crippen molar-refractivity contribution in [3.8, 4) is 0 Å². The lowest BCUT2D eigenvalue weighted by Crippen LogP contribution is -2.15. The zero-order valence-corrected chi connectivity index (χ0v) is 10.1. The van der Waals surface area contributed by atoms with Crippen LogP contribution in [0.4, 0.5) is 0 Å². The Balaban J connectivity index is 2.38. The van der Waals surface area contributed by atoms with E-state index < -0.39 is 0 Å². The van der Waals surface area contributed by atoms with E-state index in [0.29, 0.717) is 18.2 Å². The third-order valence-electron chi connectivity index (χ3n) is 3.00. The molecule has 1 unspecified atom stereocenters. The number of nitrogens with zero attached hydrogens (tertiary/aromatic N) is 2. The number of carbonyl (C=O) groups is 1. The van der Waals surface area contributed by atoms with E-state index in [1.54, 1.807) is 4.68 Å². The van der Waals surface area contributed by atoms with Gasteiger partial charge in [-0.2, -0.15) is 5.10 Å². The summed E-state index contributed by atoms with van der Waals surface area (Å²) in [5.41, 5.74) is 2.86. The monoisotopic (exact) mass is 222 g/mol. The van der Waals surface area contributed by atoms with Gasteiger partial charge in [0.25, 0.3) is 0 Å². The molecule has 4 nitrogen and oxygen atoms in total. The van der Waals surface area contributed by atoms with Crippen LogP contribution in [0.15, 0.2) is 0 Å². The predicted octanol–water partition coefficient (Wildman–Crippen LogP) is 1.81. The Labute approximate surface area is 95.6 Å². The van der Waals surface area contributed by atoms with Gasteiger partial charge in [-0.3, -0.25) is 4.68 Å². The summed E-state index contributed by atoms with van der Waals surface area (Å²) < 4.78 is 6.86. The van der Waals surface area contributed by atoms with Crippen LogP contribution in [0.3, 0.4) is 0 Å². The standard InChI is InChI=1S/C12H18N2O2/c1-4-14-11(12(15)16-5-2)9-6-8(3)7-10(9)13-14/h8H,4-7H2,1-3H3. The van der Waals surface area contributed by atoms with Crippen LogP contribution in [0.1, 0.15) is 42.5 Å². The molecule has 4 heteroatoms. The highest BCUT2D eigenvalue weighted by atomic mass is 16.5. The molecule has 0 radical (unpaired) electrons. The third-order valence-corrected chi connectivity index (χ3v) is 3.00. The number of esters is 1. The van der Waals surface area contributed by atoms with Crippen molar-refractivity contribution in [2.24, 2.45) is 5.92 Å². The Kier molecular flexibility index (Phi) is 2.99. The first-order chi connectivity index (χ1) is 7.67. The molecule has 0 bridgehead atoms. The lowest BCUT2D eigenvalue weighted by atomic mass is 10.1. The van der Waals surface area contributed by atoms with Gasteiger partial charge in [-0.15, -0.1) is 0 Å². The summed E-state index contributed by atoms with van der Waals surface area (Å²) in [5, 5.41) is 4.48. The molecule has 1 aliphatic carbocycles. The first-order valence-electron chi connectivity index (χ1n) is 5.93. The molecule has 2 rings (SSSR count). The summed E-state index contributed by atoms with van der Waals surface area (Å²) in [6.07, 6.45) is 1.93. The molecule has 88 valence electrons. The molecule has 16 heavy (non-hydrogen) atoms. The minimum atomic E-state index is -0.229. The highest BCUT2D eigenvalue weighted by molar-refractivity contribution is 5.89. The largest absolute Gasteiger partial charge is 0.461 e. The molecular weight excluding hydrogens is 204 g/mol. The highest BCUT2D eigenvalue weighted by Crippen LogP contribution is 2.29. The zero-order valence-electron chi connectivity index (χ0n) is 10.1. The molecular formula is C12H18N2O2. The number of hydrogen-bond acceptors (Lipinski definition) is 3. The highest BCUT2D eigenvalue weighted by Gasteiger charge is 2.30. The number of aryl methyl sites for hydroxylation is 1. The number of fused-ring (bicyclic) bond motifs is 1. The SMILES string of the molecule is CCOC(=O)c1c2c(nn1CC)CC(C)C2. The topological polar surface area (TPSA) is 44.1 Å². The maximum atomic E-state index is 11.9. The van der Waals surface area contributed by atoms with Gasteiger partial charge in [0.1, 0.15) is 5.69 Å². The fourth-order valence-corrected chi connectivity index (χ4v) is 2.33. The van der Waals surface area contributed by atoms with E-state index >= 15 is 0 Å². The quantitative estimate of drug-likeness (QED) is 0.733. The fraction of sp³-hybridized carbons (Fsp3) is 0.667. The second-order valence-electron chi connectivity index (χ2n) is 4.32. The predicted molar refractivity (Wildman–Crippen MR) is 60.4 cm³/mol. The fourth-order valence-electron chi connectivity index (χ4n) is 2.33. The molecule has 1 atom stereocenters. The maximum absolute atomic E-state index is 11.9. The molecule has 0 aromatic carbocycles. The Bertz CT molecular complexity index is 409. The Morgan fingerprint density at radius 2 is 2.25 bits per heavy atom. The average Bonchev–Trinajstić information content (AvgIpc) is 2.72. The van der Waals surface area contributed by atoms with Crippen LogP contribution in [0.25, 0.3) is 0 Å². The molecule has 1 aromatic rings. The molecule has 0 N–H and O–H groups in total. The van der Waals surface area contributed by atoms with Gasteiger partial charge >= 0.3 is 5.97 Å². The van der Waals surface area contributed by atoms with Crippen molar-refractivity contribution >= 4 is 5.97 Å². The number of carbonyl (C=O) groups excluding carboxylic acids is 1. The first-order valence-corrected chi connectivity index (χ1v) is 5.93. The molecule has 0 aliphatic heterocycles. The summed E-state index contributed by atoms with van der Waals surface area (Å²) >= 11 is 0. The molecule has 0 saturated carbocycles. The van der Waals surface area contributed by atoms with Crippen LogP contribution in [0, 0.1) is 5.92 Å². The van der Waals surface area contributed by atoms with Crippen molar-refractivity contribution in [1.29, 1.82) is 0 Å². The summed E-state index contributed by atoms with van der Waals surface area (Å²) in [6, 6.07) is 0. The van der Waals surface area contributed by atoms with Gasteiger partial charge < -0.3 is 4.74 Å². The van der Waals surface area contributed by atoms with Gasteiger partial charge in [-0.1, -0.05) is 6.92 Å². The van der Waals surface area contributed by atoms with Gasteiger partial charge in [0.15, 0.2) is 0 Å². The molecule has 0 spiro atoms. The van der Waals surface area contributed by atoms with E-state index in [1.165, 1.54) is 0 Å². The lowest BCUT2D eigenvalue weighted by Gasteiger charge is -2.07. The first kappa shape index (κ1) is 11.2. The second-order valence-corrected chi connectivity index (χ2v) is 4.32. The van der Waals surface area contributed by atoms with Crippen molar-refractivity contribution in [1.82, 2.24) is 9.78 Å². The zero-order chi connectivity index (χ0) is 11.7. The van der Waals surface area contributed by atoms with Crippen LogP contribution in [-0.4, -0.2) is 22.4 Å². The number of rotatable bonds is 3. The van der Waals surface area contributed by atoms with Gasteiger partial charge in [0.2, 0.25) is 0 Å². The summed E-state index contributed by atoms with van der Waals surface area (Å²) in [6.45, 7) is 7.14. The van der Waals surface area contributed by atoms with Gasteiger partial charge in [-0.25, -0.2) is 4.79 Å².